The molecular formula is C26H28N3O5S2+. The molecule has 188 valence electrons. The van der Waals surface area contributed by atoms with Gasteiger partial charge in [-0.05, 0) is 24.3 Å². The molecule has 10 heteroatoms. The highest BCUT2D eigenvalue weighted by Gasteiger charge is 2.34. The summed E-state index contributed by atoms with van der Waals surface area (Å²) in [6.07, 6.45) is 0. The monoisotopic (exact) mass is 526 g/mol. The van der Waals surface area contributed by atoms with Gasteiger partial charge in [-0.1, -0.05) is 30.3 Å². The van der Waals surface area contributed by atoms with Crippen LogP contribution in [-0.2, 0) is 9.84 Å². The second kappa shape index (κ2) is 10.4. The van der Waals surface area contributed by atoms with E-state index in [4.69, 9.17) is 10.8 Å². The van der Waals surface area contributed by atoms with Crippen LogP contribution in [0.2, 0.25) is 0 Å². The standard InChI is InChI=1S/C26H27N3O5S2/c1-29(2)10-12-35-21-15-20(28-16-6-5-7-17(14-16)36(33,34)13-11-30)22-23(24(21)27)26(32)19-9-4-3-8-18(19)25(22)31/h3-9,14-15,28,30H,10-13,27H2,1-2H3/p+1. The fourth-order valence-corrected chi connectivity index (χ4v) is 6.30. The van der Waals surface area contributed by atoms with Crippen molar-refractivity contribution in [2.45, 2.75) is 9.79 Å². The molecule has 1 aliphatic carbocycles. The van der Waals surface area contributed by atoms with Gasteiger partial charge in [0.25, 0.3) is 0 Å². The molecule has 8 nitrogen and oxygen atoms in total. The first-order valence-corrected chi connectivity index (χ1v) is 14.0. The maximum absolute atomic E-state index is 13.6. The van der Waals surface area contributed by atoms with Gasteiger partial charge in [-0.25, -0.2) is 8.42 Å². The average Bonchev–Trinajstić information content (AvgIpc) is 2.84. The second-order valence-corrected chi connectivity index (χ2v) is 12.0. The molecular weight excluding hydrogens is 498 g/mol. The number of fused-ring (bicyclic) bond motifs is 2. The van der Waals surface area contributed by atoms with Crippen LogP contribution in [0.1, 0.15) is 31.8 Å². The van der Waals surface area contributed by atoms with Crippen molar-refractivity contribution in [3.63, 3.8) is 0 Å². The molecule has 3 aromatic carbocycles. The van der Waals surface area contributed by atoms with E-state index in [2.05, 4.69) is 5.32 Å². The molecule has 0 saturated heterocycles. The molecule has 0 amide bonds. The van der Waals surface area contributed by atoms with E-state index >= 15 is 0 Å². The molecule has 5 N–H and O–H groups in total. The van der Waals surface area contributed by atoms with Crippen molar-refractivity contribution >= 4 is 50.2 Å². The van der Waals surface area contributed by atoms with E-state index in [1.54, 1.807) is 42.5 Å². The predicted octanol–water partition coefficient (Wildman–Crippen LogP) is 1.79. The topological polar surface area (TPSA) is 131 Å². The van der Waals surface area contributed by atoms with Gasteiger partial charge in [-0.3, -0.25) is 9.59 Å². The van der Waals surface area contributed by atoms with Crippen LogP contribution in [0, 0.1) is 0 Å². The largest absolute Gasteiger partial charge is 0.397 e. The minimum Gasteiger partial charge on any atom is -0.397 e. The molecule has 0 spiro atoms. The van der Waals surface area contributed by atoms with Gasteiger partial charge in [0.05, 0.1) is 60.4 Å². The van der Waals surface area contributed by atoms with Crippen LogP contribution >= 0.6 is 11.8 Å². The maximum Gasteiger partial charge on any atom is 0.196 e. The molecule has 4 rings (SSSR count). The summed E-state index contributed by atoms with van der Waals surface area (Å²) < 4.78 is 24.9. The third-order valence-corrected chi connectivity index (χ3v) is 8.64. The minimum atomic E-state index is -3.67. The number of hydrogen-bond donors (Lipinski definition) is 4. The molecule has 0 unspecified atom stereocenters. The van der Waals surface area contributed by atoms with Crippen molar-refractivity contribution in [2.75, 3.05) is 49.8 Å². The number of aliphatic hydroxyl groups is 1. The number of benzene rings is 3. The van der Waals surface area contributed by atoms with Crippen molar-refractivity contribution in [2.24, 2.45) is 0 Å². The van der Waals surface area contributed by atoms with E-state index in [9.17, 15) is 18.0 Å². The molecule has 0 radical (unpaired) electrons. The normalized spacial score (nSPS) is 13.0. The van der Waals surface area contributed by atoms with E-state index < -0.39 is 22.2 Å². The van der Waals surface area contributed by atoms with Crippen LogP contribution in [0.25, 0.3) is 0 Å². The summed E-state index contributed by atoms with van der Waals surface area (Å²) in [6, 6.07) is 14.5. The van der Waals surface area contributed by atoms with E-state index in [0.29, 0.717) is 27.4 Å². The number of sulfone groups is 1. The number of quaternary nitrogens is 1. The Kier molecular flexibility index (Phi) is 7.51. The highest BCUT2D eigenvalue weighted by Crippen LogP contribution is 2.41. The van der Waals surface area contributed by atoms with E-state index in [1.165, 1.54) is 28.8 Å². The molecule has 3 aromatic rings. The number of aliphatic hydroxyl groups excluding tert-OH is 1. The van der Waals surface area contributed by atoms with Gasteiger partial charge >= 0.3 is 0 Å². The van der Waals surface area contributed by atoms with Crippen molar-refractivity contribution in [1.29, 1.82) is 0 Å². The zero-order valence-corrected chi connectivity index (χ0v) is 21.6. The van der Waals surface area contributed by atoms with E-state index in [1.807, 2.05) is 14.1 Å². The predicted molar refractivity (Wildman–Crippen MR) is 141 cm³/mol. The quantitative estimate of drug-likeness (QED) is 0.192. The van der Waals surface area contributed by atoms with Crippen molar-refractivity contribution in [1.82, 2.24) is 0 Å². The highest BCUT2D eigenvalue weighted by molar-refractivity contribution is 7.99. The molecule has 0 aromatic heterocycles. The average molecular weight is 527 g/mol. The van der Waals surface area contributed by atoms with Gasteiger partial charge < -0.3 is 21.1 Å². The Morgan fingerprint density at radius 1 is 0.972 bits per heavy atom. The summed E-state index contributed by atoms with van der Waals surface area (Å²) in [4.78, 5) is 29.0. The van der Waals surface area contributed by atoms with E-state index in [-0.39, 0.29) is 33.3 Å². The van der Waals surface area contributed by atoms with Crippen LogP contribution in [0.3, 0.4) is 0 Å². The molecule has 0 fully saturated rings. The molecule has 1 aliphatic rings. The first kappa shape index (κ1) is 25.9. The van der Waals surface area contributed by atoms with Crippen LogP contribution in [0.15, 0.2) is 64.4 Å². The lowest BCUT2D eigenvalue weighted by Gasteiger charge is -2.24. The number of nitrogens with two attached hydrogens (primary N) is 1. The minimum absolute atomic E-state index is 0.0437. The highest BCUT2D eigenvalue weighted by atomic mass is 32.2. The Balaban J connectivity index is 1.84. The van der Waals surface area contributed by atoms with Crippen molar-refractivity contribution in [3.8, 4) is 0 Å². The van der Waals surface area contributed by atoms with Crippen molar-refractivity contribution in [3.05, 3.63) is 76.9 Å². The van der Waals surface area contributed by atoms with Gasteiger partial charge in [0.2, 0.25) is 0 Å². The number of rotatable bonds is 9. The van der Waals surface area contributed by atoms with Gasteiger partial charge in [-0.15, -0.1) is 11.8 Å². The number of carbonyl (C=O) groups excluding carboxylic acids is 2. The number of nitrogens with one attached hydrogen (secondary N) is 2. The Hall–Kier alpha value is -3.18. The lowest BCUT2D eigenvalue weighted by molar-refractivity contribution is -0.855. The molecule has 0 bridgehead atoms. The lowest BCUT2D eigenvalue weighted by atomic mass is 9.82. The maximum atomic E-state index is 13.6. The van der Waals surface area contributed by atoms with Gasteiger partial charge in [-0.2, -0.15) is 0 Å². The summed E-state index contributed by atoms with van der Waals surface area (Å²) in [7, 11) is 0.410. The Morgan fingerprint density at radius 3 is 2.28 bits per heavy atom. The fraction of sp³-hybridized carbons (Fsp3) is 0.231. The zero-order valence-electron chi connectivity index (χ0n) is 20.0. The smallest absolute Gasteiger partial charge is 0.196 e. The number of ketones is 2. The number of carbonyl (C=O) groups is 2. The molecule has 0 heterocycles. The third kappa shape index (κ3) is 5.03. The summed E-state index contributed by atoms with van der Waals surface area (Å²) >= 11 is 1.50. The lowest BCUT2D eigenvalue weighted by Crippen LogP contribution is -3.06. The first-order valence-electron chi connectivity index (χ1n) is 11.4. The number of anilines is 3. The summed E-state index contributed by atoms with van der Waals surface area (Å²) in [5.41, 5.74) is 8.48. The first-order chi connectivity index (χ1) is 17.1. The summed E-state index contributed by atoms with van der Waals surface area (Å²) in [6.45, 7) is 0.376. The van der Waals surface area contributed by atoms with Crippen LogP contribution < -0.4 is 16.0 Å². The van der Waals surface area contributed by atoms with Gasteiger partial charge in [0.15, 0.2) is 21.4 Å². The molecule has 36 heavy (non-hydrogen) atoms. The van der Waals surface area contributed by atoms with E-state index in [0.717, 1.165) is 12.3 Å². The fourth-order valence-electron chi connectivity index (χ4n) is 4.04. The number of thioether (sulfide) groups is 1. The molecule has 0 aliphatic heterocycles. The summed E-state index contributed by atoms with van der Waals surface area (Å²) in [5.74, 6) is -0.293. The number of hydrogen-bond acceptors (Lipinski definition) is 8. The zero-order chi connectivity index (χ0) is 26.0. The van der Waals surface area contributed by atoms with Crippen LogP contribution in [0.4, 0.5) is 17.1 Å². The van der Waals surface area contributed by atoms with Gasteiger partial charge in [0.1, 0.15) is 0 Å². The SMILES string of the molecule is C[NH+](C)CCSc1cc(Nc2cccc(S(=O)(=O)CCO)c2)c2c(c1N)C(=O)c1ccccc1C2=O. The Bertz CT molecular complexity index is 1450. The summed E-state index contributed by atoms with van der Waals surface area (Å²) in [5, 5.41) is 12.3. The third-order valence-electron chi connectivity index (χ3n) is 5.89. The van der Waals surface area contributed by atoms with Crippen LogP contribution in [-0.4, -0.2) is 63.8 Å². The van der Waals surface area contributed by atoms with Gasteiger partial charge in [0, 0.05) is 27.5 Å². The Labute approximate surface area is 214 Å². The van der Waals surface area contributed by atoms with Crippen molar-refractivity contribution < 1.29 is 28.0 Å². The molecule has 0 atom stereocenters. The number of nitrogen functional groups attached to an aromatic ring is 1. The van der Waals surface area contributed by atoms with Crippen LogP contribution in [0.5, 0.6) is 0 Å². The second-order valence-electron chi connectivity index (χ2n) is 8.79. The molecule has 0 saturated carbocycles. The Morgan fingerprint density at radius 2 is 1.64 bits per heavy atom.